The van der Waals surface area contributed by atoms with Crippen molar-refractivity contribution in [3.63, 3.8) is 0 Å². The van der Waals surface area contributed by atoms with Crippen LogP contribution < -0.4 is 4.74 Å². The van der Waals surface area contributed by atoms with Crippen LogP contribution in [0.3, 0.4) is 0 Å². The van der Waals surface area contributed by atoms with Crippen LogP contribution in [0, 0.1) is 23.6 Å². The Labute approximate surface area is 187 Å². The van der Waals surface area contributed by atoms with Crippen molar-refractivity contribution in [1.82, 2.24) is 9.80 Å². The molecular weight excluding hydrogens is 421 g/mol. The van der Waals surface area contributed by atoms with Crippen LogP contribution in [0.2, 0.25) is 0 Å². The van der Waals surface area contributed by atoms with Gasteiger partial charge in [0.1, 0.15) is 11.6 Å². The molecule has 8 heteroatoms. The summed E-state index contributed by atoms with van der Waals surface area (Å²) in [5.41, 5.74) is 0.000819. The Balaban J connectivity index is 1.18. The van der Waals surface area contributed by atoms with Gasteiger partial charge in [-0.1, -0.05) is 0 Å². The number of alkyl halides is 2. The first kappa shape index (κ1) is 23.4. The van der Waals surface area contributed by atoms with E-state index >= 15 is 0 Å². The minimum absolute atomic E-state index is 0.000819. The van der Waals surface area contributed by atoms with Crippen LogP contribution in [0.15, 0.2) is 18.2 Å². The molecule has 32 heavy (non-hydrogen) atoms. The molecule has 3 aliphatic rings. The van der Waals surface area contributed by atoms with Gasteiger partial charge in [0.2, 0.25) is 0 Å². The van der Waals surface area contributed by atoms with Gasteiger partial charge in [0, 0.05) is 26.1 Å². The number of hydrogen-bond acceptors (Lipinski definition) is 4. The van der Waals surface area contributed by atoms with E-state index in [1.165, 1.54) is 17.0 Å². The minimum atomic E-state index is -2.63. The molecule has 5 nitrogen and oxygen atoms in total. The summed E-state index contributed by atoms with van der Waals surface area (Å²) in [5, 5.41) is 9.57. The molecule has 4 rings (SSSR count). The van der Waals surface area contributed by atoms with E-state index in [0.29, 0.717) is 43.1 Å². The maximum atomic E-state index is 14.4. The largest absolute Gasteiger partial charge is 0.493 e. The molecular formula is C24H33F3N2O3. The summed E-state index contributed by atoms with van der Waals surface area (Å²) < 4.78 is 46.5. The lowest BCUT2D eigenvalue weighted by molar-refractivity contribution is -0.0232. The highest BCUT2D eigenvalue weighted by atomic mass is 19.3. The van der Waals surface area contributed by atoms with Gasteiger partial charge < -0.3 is 14.7 Å². The van der Waals surface area contributed by atoms with Crippen molar-refractivity contribution in [2.45, 2.75) is 51.1 Å². The number of nitrogens with zero attached hydrogens (tertiary/aromatic N) is 2. The third kappa shape index (κ3) is 5.95. The fraction of sp³-hybridized carbons (Fsp3) is 0.708. The molecule has 1 amide bonds. The second kappa shape index (κ2) is 9.59. The zero-order valence-electron chi connectivity index (χ0n) is 18.6. The lowest BCUT2D eigenvalue weighted by Crippen LogP contribution is -2.41. The van der Waals surface area contributed by atoms with Crippen molar-refractivity contribution < 1.29 is 27.8 Å². The van der Waals surface area contributed by atoms with Crippen molar-refractivity contribution in [3.05, 3.63) is 29.6 Å². The van der Waals surface area contributed by atoms with E-state index in [0.717, 1.165) is 45.7 Å². The Morgan fingerprint density at radius 2 is 1.97 bits per heavy atom. The second-order valence-corrected chi connectivity index (χ2v) is 9.82. The summed E-state index contributed by atoms with van der Waals surface area (Å²) in [6.45, 7) is 3.48. The fourth-order valence-electron chi connectivity index (χ4n) is 5.30. The molecule has 2 saturated heterocycles. The molecule has 1 aliphatic carbocycles. The third-order valence-electron chi connectivity index (χ3n) is 7.10. The van der Waals surface area contributed by atoms with Crippen molar-refractivity contribution in [2.75, 3.05) is 39.3 Å². The molecule has 0 radical (unpaired) electrons. The van der Waals surface area contributed by atoms with E-state index < -0.39 is 23.8 Å². The minimum Gasteiger partial charge on any atom is -0.493 e. The Hall–Kier alpha value is -1.80. The Bertz CT molecular complexity index is 808. The van der Waals surface area contributed by atoms with Gasteiger partial charge in [-0.05, 0) is 75.1 Å². The van der Waals surface area contributed by atoms with E-state index in [4.69, 9.17) is 4.74 Å². The van der Waals surface area contributed by atoms with Crippen LogP contribution in [0.25, 0.3) is 0 Å². The van der Waals surface area contributed by atoms with E-state index in [9.17, 15) is 23.1 Å². The number of carbonyl (C=O) groups is 1. The molecule has 0 aromatic heterocycles. The number of halogens is 3. The molecule has 2 heterocycles. The highest BCUT2D eigenvalue weighted by molar-refractivity contribution is 5.94. The van der Waals surface area contributed by atoms with Gasteiger partial charge >= 0.3 is 0 Å². The molecule has 2 aliphatic heterocycles. The Morgan fingerprint density at radius 3 is 2.59 bits per heavy atom. The fourth-order valence-corrected chi connectivity index (χ4v) is 5.30. The number of piperidine rings is 1. The van der Waals surface area contributed by atoms with Crippen LogP contribution in [0.4, 0.5) is 13.2 Å². The monoisotopic (exact) mass is 454 g/mol. The van der Waals surface area contributed by atoms with E-state index in [1.807, 2.05) is 4.90 Å². The maximum absolute atomic E-state index is 14.4. The number of likely N-dealkylation sites (tertiary alicyclic amines) is 2. The van der Waals surface area contributed by atoms with Crippen LogP contribution in [-0.2, 0) is 0 Å². The number of aliphatic hydroxyl groups is 1. The molecule has 1 saturated carbocycles. The SMILES string of the molecule is CC(F)(F)CN1CCC([C@H]2C[C@H]2CCOc2ccc(C(=O)N3CCC(O)C3)c(F)c2)CC1. The topological polar surface area (TPSA) is 53.0 Å². The number of hydrogen-bond donors (Lipinski definition) is 1. The lowest BCUT2D eigenvalue weighted by Gasteiger charge is -2.33. The molecule has 3 fully saturated rings. The predicted molar refractivity (Wildman–Crippen MR) is 114 cm³/mol. The average Bonchev–Trinajstić information content (AvgIpc) is 3.36. The van der Waals surface area contributed by atoms with Crippen LogP contribution >= 0.6 is 0 Å². The van der Waals surface area contributed by atoms with Gasteiger partial charge in [-0.2, -0.15) is 0 Å². The summed E-state index contributed by atoms with van der Waals surface area (Å²) in [5.74, 6) is -1.39. The Kier molecular flexibility index (Phi) is 7.00. The lowest BCUT2D eigenvalue weighted by atomic mass is 9.90. The average molecular weight is 455 g/mol. The number of amides is 1. The van der Waals surface area contributed by atoms with E-state index in [2.05, 4.69) is 0 Å². The zero-order chi connectivity index (χ0) is 22.9. The van der Waals surface area contributed by atoms with Crippen molar-refractivity contribution >= 4 is 5.91 Å². The highest BCUT2D eigenvalue weighted by Crippen LogP contribution is 2.49. The predicted octanol–water partition coefficient (Wildman–Crippen LogP) is 3.80. The summed E-state index contributed by atoms with van der Waals surface area (Å²) >= 11 is 0. The Morgan fingerprint density at radius 1 is 1.22 bits per heavy atom. The second-order valence-electron chi connectivity index (χ2n) is 9.82. The quantitative estimate of drug-likeness (QED) is 0.649. The van der Waals surface area contributed by atoms with Crippen molar-refractivity contribution in [1.29, 1.82) is 0 Å². The molecule has 1 N–H and O–H groups in total. The van der Waals surface area contributed by atoms with Crippen LogP contribution in [0.5, 0.6) is 5.75 Å². The number of rotatable bonds is 8. The molecule has 1 aromatic rings. The maximum Gasteiger partial charge on any atom is 0.257 e. The van der Waals surface area contributed by atoms with Crippen molar-refractivity contribution in [2.24, 2.45) is 17.8 Å². The van der Waals surface area contributed by atoms with Gasteiger partial charge in [0.05, 0.1) is 24.8 Å². The molecule has 3 atom stereocenters. The van der Waals surface area contributed by atoms with Crippen LogP contribution in [0.1, 0.15) is 49.4 Å². The van der Waals surface area contributed by atoms with Crippen molar-refractivity contribution in [3.8, 4) is 5.75 Å². The first-order chi connectivity index (χ1) is 15.2. The zero-order valence-corrected chi connectivity index (χ0v) is 18.6. The first-order valence-corrected chi connectivity index (χ1v) is 11.7. The molecule has 178 valence electrons. The number of carbonyl (C=O) groups excluding carboxylic acids is 1. The van der Waals surface area contributed by atoms with Crippen LogP contribution in [-0.4, -0.2) is 72.2 Å². The molecule has 0 bridgehead atoms. The number of β-amino-alcohol motifs (C(OH)–C–C–N with tert-alkyl or cyclic N) is 1. The summed E-state index contributed by atoms with van der Waals surface area (Å²) in [6.07, 6.45) is 3.99. The summed E-state index contributed by atoms with van der Waals surface area (Å²) in [7, 11) is 0. The van der Waals surface area contributed by atoms with Gasteiger partial charge in [-0.3, -0.25) is 9.69 Å². The van der Waals surface area contributed by atoms with E-state index in [1.54, 1.807) is 6.07 Å². The summed E-state index contributed by atoms with van der Waals surface area (Å²) in [6, 6.07) is 4.32. The molecule has 0 spiro atoms. The standard InChI is InChI=1S/C24H33F3N2O3/c1-24(26,27)15-28-8-4-16(5-9-28)21-12-17(21)7-11-32-19-2-3-20(22(25)13-19)23(31)29-10-6-18(30)14-29/h2-3,13,16-18,21,30H,4-12,14-15H2,1H3/t17-,18?,21-/m1/s1. The third-order valence-corrected chi connectivity index (χ3v) is 7.10. The van der Waals surface area contributed by atoms with E-state index in [-0.39, 0.29) is 18.7 Å². The first-order valence-electron chi connectivity index (χ1n) is 11.7. The molecule has 1 unspecified atom stereocenters. The normalized spacial score (nSPS) is 27.0. The van der Waals surface area contributed by atoms with Gasteiger partial charge in [0.25, 0.3) is 11.8 Å². The number of ether oxygens (including phenoxy) is 1. The smallest absolute Gasteiger partial charge is 0.257 e. The highest BCUT2D eigenvalue weighted by Gasteiger charge is 2.43. The van der Waals surface area contributed by atoms with Gasteiger partial charge in [-0.25, -0.2) is 13.2 Å². The number of benzene rings is 1. The van der Waals surface area contributed by atoms with Gasteiger partial charge in [0.15, 0.2) is 0 Å². The number of aliphatic hydroxyl groups excluding tert-OH is 1. The van der Waals surface area contributed by atoms with Gasteiger partial charge in [-0.15, -0.1) is 0 Å². The summed E-state index contributed by atoms with van der Waals surface area (Å²) in [4.78, 5) is 15.7. The molecule has 1 aromatic carbocycles.